The number of halogens is 1. The number of nitrogens with two attached hydrogens (primary N) is 1. The van der Waals surface area contributed by atoms with E-state index in [2.05, 4.69) is 15.1 Å². The first-order chi connectivity index (χ1) is 13.0. The van der Waals surface area contributed by atoms with E-state index in [1.54, 1.807) is 24.3 Å². The zero-order valence-corrected chi connectivity index (χ0v) is 14.7. The summed E-state index contributed by atoms with van der Waals surface area (Å²) in [5, 5.41) is 15.4. The number of benzene rings is 1. The quantitative estimate of drug-likeness (QED) is 0.442. The lowest BCUT2D eigenvalue weighted by Gasteiger charge is -2.27. The zero-order chi connectivity index (χ0) is 19.2. The number of amidine groups is 1. The summed E-state index contributed by atoms with van der Waals surface area (Å²) >= 11 is 0. The van der Waals surface area contributed by atoms with E-state index in [0.29, 0.717) is 18.9 Å². The van der Waals surface area contributed by atoms with Crippen LogP contribution in [0, 0.1) is 11.2 Å². The SMILES string of the molecule is C.N=C(N)CC(=O)OCc1cccc(-c2ccc(N3CCOCC3)nn2)c1F. The molecule has 0 bridgehead atoms. The predicted octanol–water partition coefficient (Wildman–Crippen LogP) is 2.12. The number of hydrogen-bond acceptors (Lipinski definition) is 7. The van der Waals surface area contributed by atoms with Crippen LogP contribution in [0.3, 0.4) is 0 Å². The van der Waals surface area contributed by atoms with E-state index in [1.807, 2.05) is 0 Å². The van der Waals surface area contributed by atoms with Crippen LogP contribution >= 0.6 is 0 Å². The molecule has 0 atom stereocenters. The fourth-order valence-corrected chi connectivity index (χ4v) is 2.68. The van der Waals surface area contributed by atoms with Crippen LogP contribution in [0.2, 0.25) is 0 Å². The summed E-state index contributed by atoms with van der Waals surface area (Å²) in [5.74, 6) is -0.787. The average Bonchev–Trinajstić information content (AvgIpc) is 2.67. The second-order valence-corrected chi connectivity index (χ2v) is 6.02. The number of ether oxygens (including phenoxy) is 2. The summed E-state index contributed by atoms with van der Waals surface area (Å²) in [5.41, 5.74) is 6.02. The number of anilines is 1. The van der Waals surface area contributed by atoms with Crippen molar-refractivity contribution in [1.82, 2.24) is 10.2 Å². The maximum Gasteiger partial charge on any atom is 0.313 e. The van der Waals surface area contributed by atoms with Crippen molar-refractivity contribution in [3.63, 3.8) is 0 Å². The van der Waals surface area contributed by atoms with E-state index >= 15 is 0 Å². The van der Waals surface area contributed by atoms with Crippen LogP contribution in [-0.4, -0.2) is 48.3 Å². The Hall–Kier alpha value is -3.07. The minimum Gasteiger partial charge on any atom is -0.460 e. The van der Waals surface area contributed by atoms with E-state index in [-0.39, 0.29) is 37.4 Å². The van der Waals surface area contributed by atoms with Gasteiger partial charge in [-0.3, -0.25) is 10.2 Å². The van der Waals surface area contributed by atoms with E-state index < -0.39 is 11.8 Å². The summed E-state index contributed by atoms with van der Waals surface area (Å²) in [6.45, 7) is 2.52. The van der Waals surface area contributed by atoms with Gasteiger partial charge in [-0.15, -0.1) is 10.2 Å². The molecule has 1 aromatic heterocycles. The maximum atomic E-state index is 14.8. The van der Waals surface area contributed by atoms with Gasteiger partial charge in [0.2, 0.25) is 0 Å². The Morgan fingerprint density at radius 3 is 2.64 bits per heavy atom. The molecule has 9 heteroatoms. The number of hydrogen-bond donors (Lipinski definition) is 2. The van der Waals surface area contributed by atoms with Crippen LogP contribution < -0.4 is 10.6 Å². The third-order valence-corrected chi connectivity index (χ3v) is 4.06. The molecular formula is C19H24FN5O3. The van der Waals surface area contributed by atoms with Gasteiger partial charge in [0.25, 0.3) is 0 Å². The van der Waals surface area contributed by atoms with Gasteiger partial charge < -0.3 is 20.1 Å². The summed E-state index contributed by atoms with van der Waals surface area (Å²) in [6.07, 6.45) is -0.324. The molecule has 1 saturated heterocycles. The molecule has 28 heavy (non-hydrogen) atoms. The van der Waals surface area contributed by atoms with Gasteiger partial charge in [-0.25, -0.2) is 4.39 Å². The number of rotatable bonds is 6. The predicted molar refractivity (Wildman–Crippen MR) is 104 cm³/mol. The molecule has 0 aliphatic carbocycles. The average molecular weight is 389 g/mol. The van der Waals surface area contributed by atoms with Crippen LogP contribution in [0.5, 0.6) is 0 Å². The molecule has 0 unspecified atom stereocenters. The molecule has 2 aromatic rings. The third kappa shape index (κ3) is 5.23. The zero-order valence-electron chi connectivity index (χ0n) is 14.7. The molecule has 0 saturated carbocycles. The summed E-state index contributed by atoms with van der Waals surface area (Å²) in [7, 11) is 0. The second-order valence-electron chi connectivity index (χ2n) is 6.02. The largest absolute Gasteiger partial charge is 0.460 e. The molecule has 1 fully saturated rings. The van der Waals surface area contributed by atoms with E-state index in [1.165, 1.54) is 6.07 Å². The van der Waals surface area contributed by atoms with E-state index in [0.717, 1.165) is 18.9 Å². The summed E-state index contributed by atoms with van der Waals surface area (Å²) in [6, 6.07) is 8.28. The number of esters is 1. The number of nitrogens with zero attached hydrogens (tertiary/aromatic N) is 3. The van der Waals surface area contributed by atoms with Gasteiger partial charge in [0.15, 0.2) is 5.82 Å². The highest BCUT2D eigenvalue weighted by molar-refractivity contribution is 5.94. The van der Waals surface area contributed by atoms with Crippen molar-refractivity contribution in [2.45, 2.75) is 20.5 Å². The molecule has 2 heterocycles. The number of nitrogens with one attached hydrogen (secondary N) is 1. The van der Waals surface area contributed by atoms with Crippen molar-refractivity contribution in [1.29, 1.82) is 5.41 Å². The molecule has 3 rings (SSSR count). The normalized spacial score (nSPS) is 13.5. The Morgan fingerprint density at radius 2 is 2.00 bits per heavy atom. The molecule has 0 spiro atoms. The van der Waals surface area contributed by atoms with Crippen LogP contribution in [0.4, 0.5) is 10.2 Å². The van der Waals surface area contributed by atoms with E-state index in [9.17, 15) is 9.18 Å². The number of carbonyl (C=O) groups excluding carboxylic acids is 1. The van der Waals surface area contributed by atoms with Crippen molar-refractivity contribution in [2.24, 2.45) is 5.73 Å². The van der Waals surface area contributed by atoms with Gasteiger partial charge in [-0.2, -0.15) is 0 Å². The molecular weight excluding hydrogens is 365 g/mol. The topological polar surface area (TPSA) is 114 Å². The van der Waals surface area contributed by atoms with Crippen LogP contribution in [0.1, 0.15) is 19.4 Å². The first-order valence-electron chi connectivity index (χ1n) is 8.47. The first kappa shape index (κ1) is 21.2. The Kier molecular flexibility index (Phi) is 7.39. The highest BCUT2D eigenvalue weighted by atomic mass is 19.1. The van der Waals surface area contributed by atoms with Gasteiger partial charge in [-0.05, 0) is 18.2 Å². The third-order valence-electron chi connectivity index (χ3n) is 4.06. The second kappa shape index (κ2) is 9.75. The van der Waals surface area contributed by atoms with Crippen molar-refractivity contribution >= 4 is 17.6 Å². The highest BCUT2D eigenvalue weighted by Gasteiger charge is 2.16. The smallest absolute Gasteiger partial charge is 0.313 e. The van der Waals surface area contributed by atoms with Gasteiger partial charge in [0, 0.05) is 24.2 Å². The van der Waals surface area contributed by atoms with Crippen LogP contribution in [0.15, 0.2) is 30.3 Å². The number of morpholine rings is 1. The molecule has 3 N–H and O–H groups in total. The lowest BCUT2D eigenvalue weighted by molar-refractivity contribution is -0.143. The minimum atomic E-state index is -0.679. The van der Waals surface area contributed by atoms with Crippen LogP contribution in [-0.2, 0) is 20.9 Å². The molecule has 0 amide bonds. The molecule has 8 nitrogen and oxygen atoms in total. The van der Waals surface area contributed by atoms with Crippen molar-refractivity contribution < 1.29 is 18.7 Å². The lowest BCUT2D eigenvalue weighted by atomic mass is 10.1. The summed E-state index contributed by atoms with van der Waals surface area (Å²) in [4.78, 5) is 13.5. The Morgan fingerprint density at radius 1 is 1.25 bits per heavy atom. The molecule has 0 radical (unpaired) electrons. The fraction of sp³-hybridized carbons (Fsp3) is 0.368. The Bertz CT molecular complexity index is 823. The van der Waals surface area contributed by atoms with Crippen LogP contribution in [0.25, 0.3) is 11.3 Å². The Labute approximate surface area is 163 Å². The highest BCUT2D eigenvalue weighted by Crippen LogP contribution is 2.25. The molecule has 150 valence electrons. The van der Waals surface area contributed by atoms with Crippen molar-refractivity contribution in [3.05, 3.63) is 41.7 Å². The number of carbonyl (C=O) groups is 1. The fourth-order valence-electron chi connectivity index (χ4n) is 2.68. The molecule has 1 aromatic carbocycles. The van der Waals surface area contributed by atoms with Gasteiger partial charge in [0.1, 0.15) is 24.7 Å². The van der Waals surface area contributed by atoms with Gasteiger partial charge in [-0.1, -0.05) is 19.6 Å². The first-order valence-corrected chi connectivity index (χ1v) is 8.47. The van der Waals surface area contributed by atoms with Crippen molar-refractivity contribution in [3.8, 4) is 11.3 Å². The summed E-state index contributed by atoms with van der Waals surface area (Å²) < 4.78 is 25.0. The lowest BCUT2D eigenvalue weighted by Crippen LogP contribution is -2.36. The molecule has 1 aliphatic rings. The van der Waals surface area contributed by atoms with Gasteiger partial charge >= 0.3 is 5.97 Å². The maximum absolute atomic E-state index is 14.8. The minimum absolute atomic E-state index is 0. The standard InChI is InChI=1S/C18H20FN5O3.CH4/c19-18-12(11-27-17(25)10-15(20)21)2-1-3-13(18)14-4-5-16(23-22-14)24-6-8-26-9-7-24;/h1-5H,6-11H2,(H3,20,21);1H4. The monoisotopic (exact) mass is 389 g/mol. The molecule has 1 aliphatic heterocycles. The Balaban J connectivity index is 0.00000280. The van der Waals surface area contributed by atoms with E-state index in [4.69, 9.17) is 20.6 Å². The van der Waals surface area contributed by atoms with Gasteiger partial charge in [0.05, 0.1) is 18.9 Å². The van der Waals surface area contributed by atoms with Crippen molar-refractivity contribution in [2.75, 3.05) is 31.2 Å². The number of aromatic nitrogens is 2.